The molecule has 0 fully saturated rings. The van der Waals surface area contributed by atoms with Crippen molar-refractivity contribution in [1.82, 2.24) is 9.47 Å². The molecular formula is C23H22N2O7. The highest BCUT2D eigenvalue weighted by atomic mass is 16.5. The number of rotatable bonds is 5. The number of hydrogen-bond acceptors (Lipinski definition) is 7. The smallest absolute Gasteiger partial charge is 0.270 e. The first-order valence-corrected chi connectivity index (χ1v) is 9.79. The number of nitrogens with zero attached hydrogens (tertiary/aromatic N) is 2. The van der Waals surface area contributed by atoms with Crippen LogP contribution in [0.15, 0.2) is 36.1 Å². The van der Waals surface area contributed by atoms with E-state index >= 15 is 0 Å². The number of phenolic OH excluding ortho intramolecular Hbond substituents is 2. The van der Waals surface area contributed by atoms with Gasteiger partial charge >= 0.3 is 0 Å². The van der Waals surface area contributed by atoms with E-state index < -0.39 is 11.5 Å². The molecule has 1 amide bonds. The molecule has 32 heavy (non-hydrogen) atoms. The molecule has 0 bridgehead atoms. The number of aromatic nitrogens is 1. The number of Topliss-reactive ketones (excluding diaryl/α,β-unsaturated/α-hetero) is 1. The van der Waals surface area contributed by atoms with Crippen LogP contribution in [-0.4, -0.2) is 64.3 Å². The van der Waals surface area contributed by atoms with E-state index in [9.17, 15) is 24.9 Å². The van der Waals surface area contributed by atoms with Crippen molar-refractivity contribution in [1.29, 1.82) is 0 Å². The maximum absolute atomic E-state index is 13.1. The van der Waals surface area contributed by atoms with Crippen LogP contribution < -0.4 is 9.47 Å². The van der Waals surface area contributed by atoms with Gasteiger partial charge in [0.15, 0.2) is 5.76 Å². The van der Waals surface area contributed by atoms with Crippen molar-refractivity contribution in [2.75, 3.05) is 27.8 Å². The molecule has 0 unspecified atom stereocenters. The first kappa shape index (κ1) is 21.3. The van der Waals surface area contributed by atoms with E-state index in [4.69, 9.17) is 9.47 Å². The van der Waals surface area contributed by atoms with Crippen LogP contribution in [0.2, 0.25) is 0 Å². The van der Waals surface area contributed by atoms with Crippen LogP contribution in [0, 0.1) is 0 Å². The fraction of sp³-hybridized carbons (Fsp3) is 0.217. The molecule has 1 aromatic heterocycles. The number of aliphatic hydroxyl groups is 1. The van der Waals surface area contributed by atoms with Gasteiger partial charge in [0.05, 0.1) is 13.7 Å². The second kappa shape index (κ2) is 7.93. The van der Waals surface area contributed by atoms with Crippen LogP contribution >= 0.6 is 0 Å². The van der Waals surface area contributed by atoms with E-state index in [1.807, 2.05) is 0 Å². The normalized spacial score (nSPS) is 14.0. The van der Waals surface area contributed by atoms with Crippen molar-refractivity contribution in [2.24, 2.45) is 0 Å². The lowest BCUT2D eigenvalue weighted by atomic mass is 10.1. The Morgan fingerprint density at radius 2 is 1.97 bits per heavy atom. The quantitative estimate of drug-likeness (QED) is 0.523. The first-order chi connectivity index (χ1) is 15.3. The van der Waals surface area contributed by atoms with Gasteiger partial charge in [-0.1, -0.05) is 0 Å². The number of amides is 1. The molecule has 1 aliphatic heterocycles. The Kier molecular flexibility index (Phi) is 5.27. The summed E-state index contributed by atoms with van der Waals surface area (Å²) >= 11 is 0. The number of aromatic hydroxyl groups is 2. The third-order valence-corrected chi connectivity index (χ3v) is 5.25. The molecule has 1 aliphatic rings. The molecular weight excluding hydrogens is 416 g/mol. The number of benzene rings is 2. The lowest BCUT2D eigenvalue weighted by Gasteiger charge is -2.14. The van der Waals surface area contributed by atoms with E-state index in [1.54, 1.807) is 36.9 Å². The van der Waals surface area contributed by atoms with Gasteiger partial charge in [0.1, 0.15) is 34.3 Å². The predicted octanol–water partition coefficient (Wildman–Crippen LogP) is 2.37. The Bertz CT molecular complexity index is 1290. The maximum Gasteiger partial charge on any atom is 0.270 e. The van der Waals surface area contributed by atoms with Crippen LogP contribution in [0.3, 0.4) is 0 Å². The number of allylic oxidation sites excluding steroid dienone is 1. The Morgan fingerprint density at radius 3 is 2.62 bits per heavy atom. The van der Waals surface area contributed by atoms with Gasteiger partial charge in [-0.3, -0.25) is 9.59 Å². The van der Waals surface area contributed by atoms with Gasteiger partial charge in [-0.05, 0) is 24.3 Å². The summed E-state index contributed by atoms with van der Waals surface area (Å²) in [5, 5.41) is 30.1. The number of fused-ring (bicyclic) bond motifs is 2. The van der Waals surface area contributed by atoms with Crippen molar-refractivity contribution in [3.8, 4) is 23.0 Å². The fourth-order valence-corrected chi connectivity index (χ4v) is 3.82. The topological polar surface area (TPSA) is 121 Å². The van der Waals surface area contributed by atoms with Gasteiger partial charge in [0, 0.05) is 49.2 Å². The largest absolute Gasteiger partial charge is 0.508 e. The van der Waals surface area contributed by atoms with E-state index in [0.29, 0.717) is 22.2 Å². The molecule has 3 aromatic rings. The van der Waals surface area contributed by atoms with Crippen molar-refractivity contribution < 1.29 is 34.4 Å². The van der Waals surface area contributed by atoms with E-state index in [1.165, 1.54) is 24.2 Å². The molecule has 0 radical (unpaired) electrons. The van der Waals surface area contributed by atoms with Crippen LogP contribution in [-0.2, 0) is 6.54 Å². The Morgan fingerprint density at radius 1 is 1.22 bits per heavy atom. The molecule has 0 aliphatic carbocycles. The number of ether oxygens (including phenoxy) is 2. The van der Waals surface area contributed by atoms with E-state index in [2.05, 4.69) is 0 Å². The van der Waals surface area contributed by atoms with Gasteiger partial charge in [-0.2, -0.15) is 0 Å². The van der Waals surface area contributed by atoms with Gasteiger partial charge in [-0.25, -0.2) is 0 Å². The summed E-state index contributed by atoms with van der Waals surface area (Å²) in [7, 11) is 4.73. The summed E-state index contributed by atoms with van der Waals surface area (Å²) in [5.41, 5.74) is 1.27. The second-order valence-corrected chi connectivity index (χ2v) is 7.50. The molecule has 9 nitrogen and oxygen atoms in total. The Hall–Kier alpha value is -3.98. The number of carbonyl (C=O) groups is 2. The third-order valence-electron chi connectivity index (χ3n) is 5.25. The molecule has 0 atom stereocenters. The molecule has 0 saturated carbocycles. The summed E-state index contributed by atoms with van der Waals surface area (Å²) in [6.45, 7) is -0.0435. The minimum atomic E-state index is -0.577. The molecule has 0 saturated heterocycles. The number of ketones is 1. The summed E-state index contributed by atoms with van der Waals surface area (Å²) < 4.78 is 12.6. The average molecular weight is 438 g/mol. The monoisotopic (exact) mass is 438 g/mol. The highest BCUT2D eigenvalue weighted by Gasteiger charge is 2.33. The SMILES string of the molecule is COc1ccc2c(c1)c(/C=C1\Oc3cc(O)cc(O)c3C1=O)c(C(=O)N(C)C)n2CCO. The first-order valence-electron chi connectivity index (χ1n) is 9.79. The summed E-state index contributed by atoms with van der Waals surface area (Å²) in [6, 6.07) is 7.54. The highest BCUT2D eigenvalue weighted by Crippen LogP contribution is 2.41. The zero-order chi connectivity index (χ0) is 23.2. The van der Waals surface area contributed by atoms with Crippen molar-refractivity contribution in [2.45, 2.75) is 6.54 Å². The fourth-order valence-electron chi connectivity index (χ4n) is 3.82. The number of aliphatic hydroxyl groups excluding tert-OH is 1. The third kappa shape index (κ3) is 3.32. The predicted molar refractivity (Wildman–Crippen MR) is 116 cm³/mol. The molecule has 166 valence electrons. The number of carbonyl (C=O) groups excluding carboxylic acids is 2. The van der Waals surface area contributed by atoms with Gasteiger partial charge < -0.3 is 34.3 Å². The number of phenols is 2. The zero-order valence-electron chi connectivity index (χ0n) is 17.7. The minimum absolute atomic E-state index is 0.0240. The lowest BCUT2D eigenvalue weighted by Crippen LogP contribution is -2.26. The van der Waals surface area contributed by atoms with E-state index in [-0.39, 0.29) is 47.6 Å². The minimum Gasteiger partial charge on any atom is -0.508 e. The van der Waals surface area contributed by atoms with Crippen molar-refractivity contribution >= 4 is 28.7 Å². The van der Waals surface area contributed by atoms with Crippen LogP contribution in [0.25, 0.3) is 17.0 Å². The summed E-state index contributed by atoms with van der Waals surface area (Å²) in [4.78, 5) is 27.5. The Labute approximate surface area is 183 Å². The molecule has 3 N–H and O–H groups in total. The van der Waals surface area contributed by atoms with Crippen LogP contribution in [0.1, 0.15) is 26.4 Å². The number of methoxy groups -OCH3 is 1. The van der Waals surface area contributed by atoms with Gasteiger partial charge in [0.2, 0.25) is 5.78 Å². The molecule has 2 aromatic carbocycles. The molecule has 9 heteroatoms. The second-order valence-electron chi connectivity index (χ2n) is 7.50. The van der Waals surface area contributed by atoms with Crippen LogP contribution in [0.5, 0.6) is 23.0 Å². The standard InChI is InChI=1S/C23H22N2O7/c1-24(2)23(30)21-15(14-10-13(31-3)4-5-16(14)25(21)6-7-26)11-19-22(29)20-17(28)8-12(27)9-18(20)32-19/h4-5,8-11,26-28H,6-7H2,1-3H3/b19-11-. The average Bonchev–Trinajstić information content (AvgIpc) is 3.22. The van der Waals surface area contributed by atoms with Gasteiger partial charge in [0.25, 0.3) is 5.91 Å². The highest BCUT2D eigenvalue weighted by molar-refractivity contribution is 6.17. The van der Waals surface area contributed by atoms with Crippen molar-refractivity contribution in [3.63, 3.8) is 0 Å². The molecule has 2 heterocycles. The lowest BCUT2D eigenvalue weighted by molar-refractivity contribution is 0.0815. The van der Waals surface area contributed by atoms with E-state index in [0.717, 1.165) is 6.07 Å². The van der Waals surface area contributed by atoms with Crippen molar-refractivity contribution in [3.05, 3.63) is 52.9 Å². The number of hydrogen-bond donors (Lipinski definition) is 3. The Balaban J connectivity index is 1.99. The zero-order valence-corrected chi connectivity index (χ0v) is 17.7. The van der Waals surface area contributed by atoms with Gasteiger partial charge in [-0.15, -0.1) is 0 Å². The maximum atomic E-state index is 13.1. The molecule has 4 rings (SSSR count). The molecule has 0 spiro atoms. The summed E-state index contributed by atoms with van der Waals surface area (Å²) in [6.07, 6.45) is 1.44. The van der Waals surface area contributed by atoms with Crippen LogP contribution in [0.4, 0.5) is 0 Å². The summed E-state index contributed by atoms with van der Waals surface area (Å²) in [5.74, 6) is -1.09.